The molecular formula is C9H12N2. The number of pyridine rings is 1. The highest BCUT2D eigenvalue weighted by Gasteiger charge is 2.26. The fourth-order valence-corrected chi connectivity index (χ4v) is 1.48. The summed E-state index contributed by atoms with van der Waals surface area (Å²) < 4.78 is 0. The van der Waals surface area contributed by atoms with E-state index >= 15 is 0 Å². The Hall–Kier alpha value is -0.890. The molecule has 0 amide bonds. The van der Waals surface area contributed by atoms with Crippen LogP contribution in [-0.2, 0) is 0 Å². The second-order valence-electron chi connectivity index (χ2n) is 3.15. The van der Waals surface area contributed by atoms with Gasteiger partial charge in [-0.15, -0.1) is 0 Å². The lowest BCUT2D eigenvalue weighted by Crippen LogP contribution is -2.43. The molecule has 1 fully saturated rings. The monoisotopic (exact) mass is 148 g/mol. The van der Waals surface area contributed by atoms with E-state index in [1.54, 1.807) is 0 Å². The lowest BCUT2D eigenvalue weighted by atomic mass is 9.89. The van der Waals surface area contributed by atoms with Gasteiger partial charge in [-0.1, -0.05) is 13.0 Å². The van der Waals surface area contributed by atoms with Crippen LogP contribution in [0.15, 0.2) is 24.5 Å². The summed E-state index contributed by atoms with van der Waals surface area (Å²) in [5.41, 5.74) is 1.31. The van der Waals surface area contributed by atoms with E-state index in [4.69, 9.17) is 0 Å². The van der Waals surface area contributed by atoms with Crippen LogP contribution in [0.2, 0.25) is 0 Å². The standard InChI is InChI=1S/C9H12N2/c1-7-5-11-9(7)8-3-2-4-10-6-8/h2-4,6-7,9,11H,5H2,1H3. The zero-order valence-electron chi connectivity index (χ0n) is 6.62. The van der Waals surface area contributed by atoms with Gasteiger partial charge in [0.1, 0.15) is 0 Å². The molecule has 0 saturated carbocycles. The Kier molecular flexibility index (Phi) is 1.62. The van der Waals surface area contributed by atoms with Gasteiger partial charge in [0.15, 0.2) is 0 Å². The van der Waals surface area contributed by atoms with Crippen LogP contribution in [0.4, 0.5) is 0 Å². The summed E-state index contributed by atoms with van der Waals surface area (Å²) in [5.74, 6) is 0.763. The van der Waals surface area contributed by atoms with Crippen molar-refractivity contribution in [3.8, 4) is 0 Å². The second kappa shape index (κ2) is 2.62. The number of hydrogen-bond donors (Lipinski definition) is 1. The van der Waals surface area contributed by atoms with E-state index in [-0.39, 0.29) is 0 Å². The van der Waals surface area contributed by atoms with Crippen molar-refractivity contribution in [1.29, 1.82) is 0 Å². The normalized spacial score (nSPS) is 29.5. The molecule has 1 aliphatic heterocycles. The van der Waals surface area contributed by atoms with Crippen molar-refractivity contribution in [1.82, 2.24) is 10.3 Å². The summed E-state index contributed by atoms with van der Waals surface area (Å²) in [6, 6.07) is 4.66. The smallest absolute Gasteiger partial charge is 0.0373 e. The van der Waals surface area contributed by atoms with Crippen LogP contribution in [0.25, 0.3) is 0 Å². The molecule has 2 heterocycles. The quantitative estimate of drug-likeness (QED) is 0.650. The number of rotatable bonds is 1. The fraction of sp³-hybridized carbons (Fsp3) is 0.444. The van der Waals surface area contributed by atoms with Gasteiger partial charge in [-0.25, -0.2) is 0 Å². The molecule has 11 heavy (non-hydrogen) atoms. The van der Waals surface area contributed by atoms with Crippen molar-refractivity contribution in [3.63, 3.8) is 0 Å². The fourth-order valence-electron chi connectivity index (χ4n) is 1.48. The molecule has 1 saturated heterocycles. The van der Waals surface area contributed by atoms with E-state index in [1.807, 2.05) is 18.5 Å². The average molecular weight is 148 g/mol. The molecule has 2 atom stereocenters. The minimum Gasteiger partial charge on any atom is -0.309 e. The molecule has 0 radical (unpaired) electrons. The van der Waals surface area contributed by atoms with Gasteiger partial charge >= 0.3 is 0 Å². The molecule has 0 spiro atoms. The Morgan fingerprint density at radius 3 is 3.00 bits per heavy atom. The largest absolute Gasteiger partial charge is 0.309 e. The van der Waals surface area contributed by atoms with Gasteiger partial charge in [0.05, 0.1) is 0 Å². The summed E-state index contributed by atoms with van der Waals surface area (Å²) in [6.45, 7) is 3.40. The van der Waals surface area contributed by atoms with Crippen molar-refractivity contribution in [3.05, 3.63) is 30.1 Å². The van der Waals surface area contributed by atoms with E-state index < -0.39 is 0 Å². The molecule has 2 rings (SSSR count). The molecule has 0 bridgehead atoms. The third-order valence-corrected chi connectivity index (χ3v) is 2.27. The van der Waals surface area contributed by atoms with Crippen LogP contribution in [0.5, 0.6) is 0 Å². The van der Waals surface area contributed by atoms with Gasteiger partial charge < -0.3 is 5.32 Å². The average Bonchev–Trinajstić information content (AvgIpc) is 2.04. The van der Waals surface area contributed by atoms with Crippen molar-refractivity contribution < 1.29 is 0 Å². The molecule has 1 aromatic heterocycles. The molecule has 1 aromatic rings. The summed E-state index contributed by atoms with van der Waals surface area (Å²) in [5, 5.41) is 3.37. The molecular weight excluding hydrogens is 136 g/mol. The van der Waals surface area contributed by atoms with Gasteiger partial charge in [0.25, 0.3) is 0 Å². The van der Waals surface area contributed by atoms with Gasteiger partial charge in [-0.3, -0.25) is 4.98 Å². The highest BCUT2D eigenvalue weighted by molar-refractivity contribution is 5.17. The third-order valence-electron chi connectivity index (χ3n) is 2.27. The lowest BCUT2D eigenvalue weighted by molar-refractivity contribution is 0.258. The maximum Gasteiger partial charge on any atom is 0.0373 e. The molecule has 58 valence electrons. The first kappa shape index (κ1) is 6.80. The van der Waals surface area contributed by atoms with Crippen LogP contribution in [-0.4, -0.2) is 11.5 Å². The lowest BCUT2D eigenvalue weighted by Gasteiger charge is -2.35. The van der Waals surface area contributed by atoms with E-state index in [9.17, 15) is 0 Å². The summed E-state index contributed by atoms with van der Waals surface area (Å²) >= 11 is 0. The molecule has 0 aromatic carbocycles. The first-order valence-corrected chi connectivity index (χ1v) is 4.01. The van der Waals surface area contributed by atoms with E-state index in [0.29, 0.717) is 6.04 Å². The second-order valence-corrected chi connectivity index (χ2v) is 3.15. The van der Waals surface area contributed by atoms with E-state index in [1.165, 1.54) is 5.56 Å². The highest BCUT2D eigenvalue weighted by atomic mass is 15.0. The molecule has 2 unspecified atom stereocenters. The molecule has 1 N–H and O–H groups in total. The zero-order valence-corrected chi connectivity index (χ0v) is 6.62. The van der Waals surface area contributed by atoms with Crippen molar-refractivity contribution in [2.75, 3.05) is 6.54 Å². The number of hydrogen-bond acceptors (Lipinski definition) is 2. The summed E-state index contributed by atoms with van der Waals surface area (Å²) in [6.07, 6.45) is 3.75. The Labute approximate surface area is 66.7 Å². The number of nitrogens with zero attached hydrogens (tertiary/aromatic N) is 1. The van der Waals surface area contributed by atoms with Crippen LogP contribution in [0.3, 0.4) is 0 Å². The van der Waals surface area contributed by atoms with Crippen molar-refractivity contribution in [2.45, 2.75) is 13.0 Å². The number of aromatic nitrogens is 1. The van der Waals surface area contributed by atoms with Crippen LogP contribution in [0.1, 0.15) is 18.5 Å². The van der Waals surface area contributed by atoms with Gasteiger partial charge in [-0.05, 0) is 17.5 Å². The molecule has 2 heteroatoms. The number of nitrogens with one attached hydrogen (secondary N) is 1. The Morgan fingerprint density at radius 2 is 2.55 bits per heavy atom. The molecule has 2 nitrogen and oxygen atoms in total. The predicted octanol–water partition coefficient (Wildman–Crippen LogP) is 1.36. The summed E-state index contributed by atoms with van der Waals surface area (Å²) in [7, 11) is 0. The Bertz CT molecular complexity index is 233. The van der Waals surface area contributed by atoms with Gasteiger partial charge in [0, 0.05) is 25.0 Å². The van der Waals surface area contributed by atoms with Crippen molar-refractivity contribution in [2.24, 2.45) is 5.92 Å². The minimum absolute atomic E-state index is 0.545. The topological polar surface area (TPSA) is 24.9 Å². The molecule has 0 aliphatic carbocycles. The van der Waals surface area contributed by atoms with Crippen molar-refractivity contribution >= 4 is 0 Å². The SMILES string of the molecule is CC1CNC1c1cccnc1. The first-order chi connectivity index (χ1) is 5.38. The first-order valence-electron chi connectivity index (χ1n) is 4.01. The Balaban J connectivity index is 2.17. The Morgan fingerprint density at radius 1 is 1.64 bits per heavy atom. The maximum atomic E-state index is 4.08. The minimum atomic E-state index is 0.545. The van der Waals surface area contributed by atoms with Gasteiger partial charge in [0.2, 0.25) is 0 Å². The van der Waals surface area contributed by atoms with Gasteiger partial charge in [-0.2, -0.15) is 0 Å². The van der Waals surface area contributed by atoms with E-state index in [2.05, 4.69) is 23.3 Å². The highest BCUT2D eigenvalue weighted by Crippen LogP contribution is 2.27. The summed E-state index contributed by atoms with van der Waals surface area (Å²) in [4.78, 5) is 4.08. The zero-order chi connectivity index (χ0) is 7.68. The third kappa shape index (κ3) is 1.14. The van der Waals surface area contributed by atoms with Crippen LogP contribution in [0, 0.1) is 5.92 Å². The molecule has 1 aliphatic rings. The van der Waals surface area contributed by atoms with Crippen LogP contribution >= 0.6 is 0 Å². The van der Waals surface area contributed by atoms with E-state index in [0.717, 1.165) is 12.5 Å². The van der Waals surface area contributed by atoms with Crippen LogP contribution < -0.4 is 5.32 Å². The maximum absolute atomic E-state index is 4.08. The predicted molar refractivity (Wildman–Crippen MR) is 44.1 cm³/mol.